The third-order valence-corrected chi connectivity index (χ3v) is 7.13. The van der Waals surface area contributed by atoms with Crippen LogP contribution in [0.1, 0.15) is 30.3 Å². The van der Waals surface area contributed by atoms with Gasteiger partial charge < -0.3 is 14.5 Å². The van der Waals surface area contributed by atoms with Crippen LogP contribution < -0.4 is 9.47 Å². The maximum atomic E-state index is 11.9. The Bertz CT molecular complexity index is 1230. The SMILES string of the molecule is Cc1cccc(-c2[nH]c(C3CCN(S(C)(=O)=O)CC3)nc2-c2ccc3c(c2)OCO3)n1. The van der Waals surface area contributed by atoms with Crippen molar-refractivity contribution in [3.63, 3.8) is 0 Å². The van der Waals surface area contributed by atoms with Crippen molar-refractivity contribution >= 4 is 10.0 Å². The van der Waals surface area contributed by atoms with Gasteiger partial charge in [-0.05, 0) is 50.1 Å². The van der Waals surface area contributed by atoms with E-state index < -0.39 is 10.0 Å². The molecule has 162 valence electrons. The van der Waals surface area contributed by atoms with Crippen LogP contribution in [-0.2, 0) is 10.0 Å². The van der Waals surface area contributed by atoms with Gasteiger partial charge in [-0.3, -0.25) is 4.98 Å². The largest absolute Gasteiger partial charge is 0.454 e. The summed E-state index contributed by atoms with van der Waals surface area (Å²) in [5, 5.41) is 0. The highest BCUT2D eigenvalue weighted by Crippen LogP contribution is 2.39. The normalized spacial score (nSPS) is 17.2. The minimum Gasteiger partial charge on any atom is -0.454 e. The molecule has 2 aliphatic heterocycles. The Hall–Kier alpha value is -2.91. The predicted molar refractivity (Wildman–Crippen MR) is 117 cm³/mol. The first kappa shape index (κ1) is 20.0. The van der Waals surface area contributed by atoms with Gasteiger partial charge in [0.25, 0.3) is 0 Å². The average molecular weight is 441 g/mol. The molecule has 0 saturated carbocycles. The Morgan fingerprint density at radius 2 is 1.84 bits per heavy atom. The van der Waals surface area contributed by atoms with Gasteiger partial charge in [0.1, 0.15) is 5.82 Å². The molecule has 1 N–H and O–H groups in total. The number of ether oxygens (including phenoxy) is 2. The second-order valence-corrected chi connectivity index (χ2v) is 10.00. The van der Waals surface area contributed by atoms with E-state index in [0.717, 1.165) is 52.8 Å². The minimum absolute atomic E-state index is 0.157. The molecule has 31 heavy (non-hydrogen) atoms. The van der Waals surface area contributed by atoms with E-state index in [9.17, 15) is 8.42 Å². The fourth-order valence-electron chi connectivity index (χ4n) is 4.17. The zero-order valence-electron chi connectivity index (χ0n) is 17.5. The summed E-state index contributed by atoms with van der Waals surface area (Å²) in [6.45, 7) is 3.18. The summed E-state index contributed by atoms with van der Waals surface area (Å²) in [6.07, 6.45) is 2.71. The zero-order valence-corrected chi connectivity index (χ0v) is 18.3. The Balaban J connectivity index is 1.53. The maximum Gasteiger partial charge on any atom is 0.231 e. The molecule has 1 fully saturated rings. The summed E-state index contributed by atoms with van der Waals surface area (Å²) in [5.74, 6) is 2.44. The lowest BCUT2D eigenvalue weighted by Crippen LogP contribution is -2.37. The molecule has 0 aliphatic carbocycles. The fourth-order valence-corrected chi connectivity index (χ4v) is 5.04. The zero-order chi connectivity index (χ0) is 21.6. The number of aromatic amines is 1. The van der Waals surface area contributed by atoms with Crippen molar-refractivity contribution in [2.24, 2.45) is 0 Å². The van der Waals surface area contributed by atoms with Crippen LogP contribution in [0.15, 0.2) is 36.4 Å². The highest BCUT2D eigenvalue weighted by molar-refractivity contribution is 7.88. The maximum absolute atomic E-state index is 11.9. The van der Waals surface area contributed by atoms with Crippen LogP contribution in [-0.4, -0.2) is 53.8 Å². The molecule has 8 nitrogen and oxygen atoms in total. The van der Waals surface area contributed by atoms with Crippen molar-refractivity contribution in [1.82, 2.24) is 19.3 Å². The summed E-state index contributed by atoms with van der Waals surface area (Å²) >= 11 is 0. The van der Waals surface area contributed by atoms with Gasteiger partial charge in [-0.2, -0.15) is 0 Å². The first-order valence-corrected chi connectivity index (χ1v) is 12.1. The number of aromatic nitrogens is 3. The number of aryl methyl sites for hydroxylation is 1. The summed E-state index contributed by atoms with van der Waals surface area (Å²) in [4.78, 5) is 13.2. The van der Waals surface area contributed by atoms with Gasteiger partial charge in [-0.25, -0.2) is 17.7 Å². The van der Waals surface area contributed by atoms with Gasteiger partial charge in [-0.1, -0.05) is 6.07 Å². The van der Waals surface area contributed by atoms with E-state index in [-0.39, 0.29) is 12.7 Å². The lowest BCUT2D eigenvalue weighted by molar-refractivity contribution is 0.174. The molecular weight excluding hydrogens is 416 g/mol. The van der Waals surface area contributed by atoms with E-state index in [2.05, 4.69) is 4.98 Å². The van der Waals surface area contributed by atoms with Gasteiger partial charge in [0.05, 0.1) is 23.3 Å². The lowest BCUT2D eigenvalue weighted by atomic mass is 9.97. The monoisotopic (exact) mass is 440 g/mol. The van der Waals surface area contributed by atoms with E-state index >= 15 is 0 Å². The molecule has 0 bridgehead atoms. The molecular formula is C22H24N4O4S. The number of piperidine rings is 1. The van der Waals surface area contributed by atoms with Crippen molar-refractivity contribution in [2.45, 2.75) is 25.7 Å². The summed E-state index contributed by atoms with van der Waals surface area (Å²) in [7, 11) is -3.16. The van der Waals surface area contributed by atoms with Gasteiger partial charge in [0.15, 0.2) is 11.5 Å². The van der Waals surface area contributed by atoms with Crippen LogP contribution in [0.5, 0.6) is 11.5 Å². The quantitative estimate of drug-likeness (QED) is 0.668. The highest BCUT2D eigenvalue weighted by atomic mass is 32.2. The molecule has 0 radical (unpaired) electrons. The van der Waals surface area contributed by atoms with Crippen LogP contribution in [0.25, 0.3) is 22.6 Å². The van der Waals surface area contributed by atoms with Gasteiger partial charge in [-0.15, -0.1) is 0 Å². The van der Waals surface area contributed by atoms with Crippen LogP contribution >= 0.6 is 0 Å². The van der Waals surface area contributed by atoms with Crippen molar-refractivity contribution in [1.29, 1.82) is 0 Å². The van der Waals surface area contributed by atoms with Crippen molar-refractivity contribution < 1.29 is 17.9 Å². The van der Waals surface area contributed by atoms with E-state index in [0.29, 0.717) is 18.8 Å². The highest BCUT2D eigenvalue weighted by Gasteiger charge is 2.29. The molecule has 0 atom stereocenters. The molecule has 0 spiro atoms. The minimum atomic E-state index is -3.16. The van der Waals surface area contributed by atoms with Crippen LogP contribution in [0.4, 0.5) is 0 Å². The van der Waals surface area contributed by atoms with Crippen LogP contribution in [0.3, 0.4) is 0 Å². The van der Waals surface area contributed by atoms with Gasteiger partial charge in [0.2, 0.25) is 16.8 Å². The van der Waals surface area contributed by atoms with E-state index in [1.807, 2.05) is 43.3 Å². The van der Waals surface area contributed by atoms with E-state index in [1.54, 1.807) is 0 Å². The second kappa shape index (κ2) is 7.65. The fraction of sp³-hybridized carbons (Fsp3) is 0.364. The number of nitrogens with zero attached hydrogens (tertiary/aromatic N) is 3. The average Bonchev–Trinajstić information content (AvgIpc) is 3.40. The number of imidazole rings is 1. The molecule has 5 rings (SSSR count). The molecule has 1 aromatic carbocycles. The number of benzene rings is 1. The van der Waals surface area contributed by atoms with Crippen molar-refractivity contribution in [3.8, 4) is 34.1 Å². The topological polar surface area (TPSA) is 97.4 Å². The number of pyridine rings is 1. The molecule has 3 aromatic rings. The molecule has 2 aliphatic rings. The summed E-state index contributed by atoms with van der Waals surface area (Å²) < 4.78 is 36.2. The summed E-state index contributed by atoms with van der Waals surface area (Å²) in [5.41, 5.74) is 4.31. The van der Waals surface area contributed by atoms with Gasteiger partial charge >= 0.3 is 0 Å². The Morgan fingerprint density at radius 3 is 2.58 bits per heavy atom. The smallest absolute Gasteiger partial charge is 0.231 e. The number of rotatable bonds is 4. The first-order valence-electron chi connectivity index (χ1n) is 10.3. The molecule has 0 amide bonds. The first-order chi connectivity index (χ1) is 14.9. The third kappa shape index (κ3) is 3.90. The Morgan fingerprint density at radius 1 is 1.06 bits per heavy atom. The lowest BCUT2D eigenvalue weighted by Gasteiger charge is -2.29. The molecule has 1 saturated heterocycles. The number of hydrogen-bond acceptors (Lipinski definition) is 6. The molecule has 2 aromatic heterocycles. The molecule has 4 heterocycles. The van der Waals surface area contributed by atoms with E-state index in [4.69, 9.17) is 19.4 Å². The second-order valence-electron chi connectivity index (χ2n) is 8.01. The molecule has 0 unspecified atom stereocenters. The number of hydrogen-bond donors (Lipinski definition) is 1. The Labute approximate surface area is 181 Å². The standard InChI is InChI=1S/C22H24N4O4S/c1-14-4-3-5-17(23-14)21-20(16-6-7-18-19(12-16)30-13-29-18)24-22(25-21)15-8-10-26(11-9-15)31(2,27)28/h3-7,12,15H,8-11,13H2,1-2H3,(H,24,25). The third-order valence-electron chi connectivity index (χ3n) is 5.82. The number of H-pyrrole nitrogens is 1. The van der Waals surface area contributed by atoms with Gasteiger partial charge in [0, 0.05) is 30.3 Å². The van der Waals surface area contributed by atoms with Crippen LogP contribution in [0.2, 0.25) is 0 Å². The van der Waals surface area contributed by atoms with Crippen LogP contribution in [0, 0.1) is 6.92 Å². The number of fused-ring (bicyclic) bond motifs is 1. The van der Waals surface area contributed by atoms with Crippen molar-refractivity contribution in [2.75, 3.05) is 26.1 Å². The predicted octanol–water partition coefficient (Wildman–Crippen LogP) is 3.31. The number of nitrogens with one attached hydrogen (secondary N) is 1. The number of sulfonamides is 1. The Kier molecular flexibility index (Phi) is 4.94. The van der Waals surface area contributed by atoms with Crippen molar-refractivity contribution in [3.05, 3.63) is 47.9 Å². The summed E-state index contributed by atoms with van der Waals surface area (Å²) in [6, 6.07) is 11.7. The molecule has 9 heteroatoms. The van der Waals surface area contributed by atoms with E-state index in [1.165, 1.54) is 10.6 Å².